The lowest BCUT2D eigenvalue weighted by Crippen LogP contribution is -2.30. The monoisotopic (exact) mass is 749 g/mol. The average Bonchev–Trinajstić information content (AvgIpc) is 3.76. The standard InChI is InChI=1S/C35H36N5O12P/c1-20(2)33(41)37-28-16-25-31(34(42)38-28)36-19-39(25)29-17-26(52-53(46,47-3)48-4)27(50-29)18-49-35(43)51-32(22-11-6-5-7-12-22)30-23-13-9-8-10-21(23)14-15-24(30)40(44)45/h5-16,19-20,26-27,29,32H,17-18H2,1-4H3,(H2,37,38,41,42). The number of nitro groups is 1. The second-order valence-corrected chi connectivity index (χ2v) is 14.1. The highest BCUT2D eigenvalue weighted by Gasteiger charge is 2.43. The molecule has 6 rings (SSSR count). The normalized spacial score (nSPS) is 17.9. The number of rotatable bonds is 13. The van der Waals surface area contributed by atoms with Crippen LogP contribution >= 0.6 is 7.82 Å². The predicted octanol–water partition coefficient (Wildman–Crippen LogP) is 6.40. The summed E-state index contributed by atoms with van der Waals surface area (Å²) < 4.78 is 47.9. The average molecular weight is 750 g/mol. The Morgan fingerprint density at radius 3 is 2.51 bits per heavy atom. The number of ether oxygens (including phenoxy) is 3. The van der Waals surface area contributed by atoms with Crippen LogP contribution in [0.5, 0.6) is 0 Å². The molecule has 278 valence electrons. The summed E-state index contributed by atoms with van der Waals surface area (Å²) >= 11 is 0. The lowest BCUT2D eigenvalue weighted by atomic mass is 9.94. The van der Waals surface area contributed by atoms with Crippen molar-refractivity contribution in [3.63, 3.8) is 0 Å². The summed E-state index contributed by atoms with van der Waals surface area (Å²) in [7, 11) is -1.82. The lowest BCUT2D eigenvalue weighted by Gasteiger charge is -2.23. The van der Waals surface area contributed by atoms with E-state index in [1.165, 1.54) is 23.0 Å². The summed E-state index contributed by atoms with van der Waals surface area (Å²) in [6, 6.07) is 20.0. The molecular formula is C35H36N5O12P. The van der Waals surface area contributed by atoms with Crippen molar-refractivity contribution >= 4 is 53.2 Å². The molecule has 1 aliphatic heterocycles. The zero-order chi connectivity index (χ0) is 37.9. The van der Waals surface area contributed by atoms with Crippen LogP contribution in [0.2, 0.25) is 0 Å². The van der Waals surface area contributed by atoms with Crippen LogP contribution in [-0.4, -0.2) is 64.6 Å². The molecule has 1 saturated heterocycles. The first-order valence-electron chi connectivity index (χ1n) is 16.4. The first kappa shape index (κ1) is 37.3. The number of nitrogens with zero attached hydrogens (tertiary/aromatic N) is 3. The van der Waals surface area contributed by atoms with Gasteiger partial charge in [-0.05, 0) is 22.4 Å². The molecule has 18 heteroatoms. The maximum atomic E-state index is 13.5. The number of fused-ring (bicyclic) bond motifs is 2. The van der Waals surface area contributed by atoms with Gasteiger partial charge in [-0.15, -0.1) is 0 Å². The highest BCUT2D eigenvalue weighted by Crippen LogP contribution is 2.52. The number of pyridine rings is 1. The third-order valence-corrected chi connectivity index (χ3v) is 10.1. The van der Waals surface area contributed by atoms with Crippen molar-refractivity contribution in [3.05, 3.63) is 111 Å². The molecule has 1 fully saturated rings. The molecule has 0 saturated carbocycles. The zero-order valence-corrected chi connectivity index (χ0v) is 29.9. The second-order valence-electron chi connectivity index (χ2n) is 12.3. The van der Waals surface area contributed by atoms with E-state index >= 15 is 0 Å². The van der Waals surface area contributed by atoms with Gasteiger partial charge in [-0.2, -0.15) is 0 Å². The number of phosphoric acid groups is 1. The SMILES string of the molecule is COP(=O)(OC)OC1CC(n2cnc3c(=O)[nH]c(NC(=O)C(C)C)cc32)OC1COC(=O)OC(c1ccccc1)c1c([N+](=O)[O-])ccc2ccccc12. The smallest absolute Gasteiger partial charge is 0.431 e. The van der Waals surface area contributed by atoms with Crippen LogP contribution in [0.1, 0.15) is 43.7 Å². The van der Waals surface area contributed by atoms with Gasteiger partial charge in [-0.1, -0.05) is 68.4 Å². The molecule has 4 atom stereocenters. The van der Waals surface area contributed by atoms with Gasteiger partial charge >= 0.3 is 14.0 Å². The van der Waals surface area contributed by atoms with E-state index in [2.05, 4.69) is 15.3 Å². The third-order valence-electron chi connectivity index (χ3n) is 8.65. The summed E-state index contributed by atoms with van der Waals surface area (Å²) in [4.78, 5) is 57.1. The molecule has 2 aromatic heterocycles. The lowest BCUT2D eigenvalue weighted by molar-refractivity contribution is -0.385. The molecule has 0 aliphatic carbocycles. The van der Waals surface area contributed by atoms with Crippen LogP contribution in [0.4, 0.5) is 16.3 Å². The molecule has 4 unspecified atom stereocenters. The number of hydrogen-bond acceptors (Lipinski definition) is 13. The van der Waals surface area contributed by atoms with Gasteiger partial charge in [0.1, 0.15) is 30.9 Å². The Labute approximate surface area is 301 Å². The molecule has 0 spiro atoms. The number of carbonyl (C=O) groups is 2. The quantitative estimate of drug-likeness (QED) is 0.0578. The first-order chi connectivity index (χ1) is 25.4. The molecular weight excluding hydrogens is 713 g/mol. The number of nitrogens with one attached hydrogen (secondary N) is 2. The minimum atomic E-state index is -4.09. The van der Waals surface area contributed by atoms with E-state index < -0.39 is 55.6 Å². The Kier molecular flexibility index (Phi) is 11.0. The van der Waals surface area contributed by atoms with Gasteiger partial charge < -0.3 is 29.1 Å². The number of amides is 1. The third kappa shape index (κ3) is 7.99. The molecule has 17 nitrogen and oxygen atoms in total. The summed E-state index contributed by atoms with van der Waals surface area (Å²) in [5.41, 5.74) is 0.161. The van der Waals surface area contributed by atoms with E-state index in [-0.39, 0.29) is 40.8 Å². The minimum absolute atomic E-state index is 0.000565. The Balaban J connectivity index is 1.28. The van der Waals surface area contributed by atoms with Crippen LogP contribution in [0.25, 0.3) is 21.8 Å². The van der Waals surface area contributed by atoms with Gasteiger partial charge in [0.15, 0.2) is 11.6 Å². The number of benzene rings is 3. The fraction of sp³-hybridized carbons (Fsp3) is 0.314. The van der Waals surface area contributed by atoms with Crippen LogP contribution in [0.15, 0.2) is 83.9 Å². The van der Waals surface area contributed by atoms with Gasteiger partial charge in [0.2, 0.25) is 5.91 Å². The maximum Gasteiger partial charge on any atom is 0.509 e. The van der Waals surface area contributed by atoms with Gasteiger partial charge in [-0.25, -0.2) is 14.3 Å². The summed E-state index contributed by atoms with van der Waals surface area (Å²) in [6.45, 7) is 2.92. The molecule has 0 bridgehead atoms. The topological polar surface area (TPSA) is 212 Å². The highest BCUT2D eigenvalue weighted by atomic mass is 31.2. The molecule has 5 aromatic rings. The van der Waals surface area contributed by atoms with Gasteiger partial charge in [0.25, 0.3) is 11.2 Å². The number of imidazole rings is 1. The zero-order valence-electron chi connectivity index (χ0n) is 29.0. The Hall–Kier alpha value is -5.45. The van der Waals surface area contributed by atoms with Crippen molar-refractivity contribution in [2.45, 2.75) is 44.8 Å². The van der Waals surface area contributed by atoms with E-state index in [1.807, 2.05) is 0 Å². The van der Waals surface area contributed by atoms with E-state index in [4.69, 9.17) is 27.8 Å². The second kappa shape index (κ2) is 15.7. The molecule has 1 amide bonds. The van der Waals surface area contributed by atoms with Crippen molar-refractivity contribution in [1.82, 2.24) is 14.5 Å². The molecule has 53 heavy (non-hydrogen) atoms. The van der Waals surface area contributed by atoms with Crippen molar-refractivity contribution in [2.24, 2.45) is 5.92 Å². The van der Waals surface area contributed by atoms with E-state index in [1.54, 1.807) is 74.5 Å². The number of H-pyrrole nitrogens is 1. The van der Waals surface area contributed by atoms with E-state index in [0.29, 0.717) is 21.9 Å². The minimum Gasteiger partial charge on any atom is -0.431 e. The Morgan fingerprint density at radius 1 is 1.09 bits per heavy atom. The predicted molar refractivity (Wildman–Crippen MR) is 190 cm³/mol. The number of nitro benzene ring substituents is 1. The largest absolute Gasteiger partial charge is 0.509 e. The van der Waals surface area contributed by atoms with Crippen LogP contribution in [0.3, 0.4) is 0 Å². The van der Waals surface area contributed by atoms with Gasteiger partial charge in [-0.3, -0.25) is 33.3 Å². The molecule has 1 aliphatic rings. The van der Waals surface area contributed by atoms with E-state index in [0.717, 1.165) is 14.2 Å². The van der Waals surface area contributed by atoms with E-state index in [9.17, 15) is 29.1 Å². The Bertz CT molecular complexity index is 2250. The molecule has 0 radical (unpaired) electrons. The summed E-state index contributed by atoms with van der Waals surface area (Å²) in [5, 5.41) is 16.1. The fourth-order valence-electron chi connectivity index (χ4n) is 6.00. The molecule has 3 aromatic carbocycles. The maximum absolute atomic E-state index is 13.5. The van der Waals surface area contributed by atoms with Crippen molar-refractivity contribution < 1.29 is 46.9 Å². The molecule has 3 heterocycles. The number of aromatic amines is 1. The number of carbonyl (C=O) groups excluding carboxylic acids is 2. The summed E-state index contributed by atoms with van der Waals surface area (Å²) in [6.07, 6.45) is -4.11. The van der Waals surface area contributed by atoms with Crippen molar-refractivity contribution in [3.8, 4) is 0 Å². The molecule has 2 N–H and O–H groups in total. The number of aromatic nitrogens is 3. The number of phosphoric ester groups is 1. The van der Waals surface area contributed by atoms with Crippen LogP contribution in [-0.2, 0) is 37.1 Å². The fourth-order valence-corrected chi connectivity index (χ4v) is 6.87. The number of hydrogen-bond donors (Lipinski definition) is 2. The Morgan fingerprint density at radius 2 is 1.81 bits per heavy atom. The first-order valence-corrected chi connectivity index (χ1v) is 17.9. The van der Waals surface area contributed by atoms with Crippen LogP contribution in [0, 0.1) is 16.0 Å². The van der Waals surface area contributed by atoms with Crippen molar-refractivity contribution in [1.29, 1.82) is 0 Å². The highest BCUT2D eigenvalue weighted by molar-refractivity contribution is 7.48. The van der Waals surface area contributed by atoms with Gasteiger partial charge in [0.05, 0.1) is 22.3 Å². The number of anilines is 1. The van der Waals surface area contributed by atoms with Crippen LogP contribution < -0.4 is 10.9 Å². The van der Waals surface area contributed by atoms with Gasteiger partial charge in [0, 0.05) is 38.7 Å². The summed E-state index contributed by atoms with van der Waals surface area (Å²) in [5.74, 6) is -0.538. The van der Waals surface area contributed by atoms with Crippen molar-refractivity contribution in [2.75, 3.05) is 26.1 Å².